The Kier molecular flexibility index (Phi) is 7.89. The molecule has 0 N–H and O–H groups in total. The highest BCUT2D eigenvalue weighted by atomic mass is 16.7. The van der Waals surface area contributed by atoms with Gasteiger partial charge >= 0.3 is 5.97 Å². The molecule has 0 saturated carbocycles. The van der Waals surface area contributed by atoms with Gasteiger partial charge in [-0.1, -0.05) is 60.1 Å². The van der Waals surface area contributed by atoms with Gasteiger partial charge in [-0.15, -0.1) is 0 Å². The number of rotatable bonds is 5. The first-order valence-electron chi connectivity index (χ1n) is 9.82. The summed E-state index contributed by atoms with van der Waals surface area (Å²) in [6.45, 7) is 2.07. The van der Waals surface area contributed by atoms with Crippen LogP contribution in [0.3, 0.4) is 0 Å². The molecule has 3 rings (SSSR count). The smallest absolute Gasteiger partial charge is 0.338 e. The summed E-state index contributed by atoms with van der Waals surface area (Å²) < 4.78 is 16.1. The number of esters is 1. The Morgan fingerprint density at radius 2 is 1.32 bits per heavy atom. The monoisotopic (exact) mass is 410 g/mol. The van der Waals surface area contributed by atoms with Crippen LogP contribution in [0, 0.1) is 23.7 Å². The summed E-state index contributed by atoms with van der Waals surface area (Å²) in [7, 11) is 1.54. The van der Waals surface area contributed by atoms with E-state index in [0.29, 0.717) is 22.4 Å². The minimum absolute atomic E-state index is 0.0266. The fourth-order valence-electron chi connectivity index (χ4n) is 2.74. The van der Waals surface area contributed by atoms with Gasteiger partial charge in [0.15, 0.2) is 12.5 Å². The second-order valence-corrected chi connectivity index (χ2v) is 6.40. The van der Waals surface area contributed by atoms with Gasteiger partial charge in [0.05, 0.1) is 23.3 Å². The summed E-state index contributed by atoms with van der Waals surface area (Å²) in [5, 5.41) is 0. The molecule has 0 heterocycles. The minimum Gasteiger partial charge on any atom is -0.465 e. The van der Waals surface area contributed by atoms with Gasteiger partial charge in [-0.2, -0.15) is 0 Å². The topological polar surface area (TPSA) is 44.8 Å². The lowest BCUT2D eigenvalue weighted by Crippen LogP contribution is -2.08. The molecular weight excluding hydrogens is 388 g/mol. The third kappa shape index (κ3) is 6.24. The molecule has 0 saturated heterocycles. The van der Waals surface area contributed by atoms with E-state index in [1.807, 2.05) is 60.7 Å². The summed E-state index contributed by atoms with van der Waals surface area (Å²) in [6, 6.07) is 22.5. The average molecular weight is 410 g/mol. The molecule has 4 heteroatoms. The number of carbonyl (C=O) groups is 1. The van der Waals surface area contributed by atoms with Crippen LogP contribution >= 0.6 is 0 Å². The molecule has 0 radical (unpaired) electrons. The molecule has 31 heavy (non-hydrogen) atoms. The molecule has 0 aliphatic rings. The van der Waals surface area contributed by atoms with Crippen molar-refractivity contribution in [3.05, 3.63) is 101 Å². The van der Waals surface area contributed by atoms with E-state index in [0.717, 1.165) is 11.1 Å². The van der Waals surface area contributed by atoms with Crippen molar-refractivity contribution in [2.45, 2.75) is 6.92 Å². The largest absolute Gasteiger partial charge is 0.465 e. The maximum atomic E-state index is 12.4. The molecule has 0 atom stereocenters. The summed E-state index contributed by atoms with van der Waals surface area (Å²) in [5.74, 6) is 12.4. The Labute approximate surface area is 182 Å². The van der Waals surface area contributed by atoms with Crippen molar-refractivity contribution >= 4 is 5.97 Å². The van der Waals surface area contributed by atoms with Gasteiger partial charge in [0.25, 0.3) is 0 Å². The quantitative estimate of drug-likeness (QED) is 0.349. The first kappa shape index (κ1) is 21.7. The summed E-state index contributed by atoms with van der Waals surface area (Å²) in [6.07, 6.45) is 0. The first-order valence-corrected chi connectivity index (χ1v) is 9.82. The molecular formula is C27H22O4. The van der Waals surface area contributed by atoms with Crippen LogP contribution in [-0.4, -0.2) is 26.5 Å². The van der Waals surface area contributed by atoms with E-state index in [4.69, 9.17) is 14.2 Å². The zero-order valence-corrected chi connectivity index (χ0v) is 17.5. The van der Waals surface area contributed by atoms with Crippen molar-refractivity contribution in [2.24, 2.45) is 0 Å². The highest BCUT2D eigenvalue weighted by Crippen LogP contribution is 2.26. The Balaban J connectivity index is 2.14. The Morgan fingerprint density at radius 1 is 0.806 bits per heavy atom. The molecule has 3 aromatic rings. The Bertz CT molecular complexity index is 1070. The first-order chi connectivity index (χ1) is 15.2. The van der Waals surface area contributed by atoms with Crippen LogP contribution in [0.5, 0.6) is 5.75 Å². The van der Waals surface area contributed by atoms with Crippen LogP contribution < -0.4 is 4.74 Å². The number of hydrogen-bond acceptors (Lipinski definition) is 4. The van der Waals surface area contributed by atoms with Crippen LogP contribution in [0.15, 0.2) is 72.8 Å². The van der Waals surface area contributed by atoms with Gasteiger partial charge in [0, 0.05) is 18.2 Å². The highest BCUT2D eigenvalue weighted by Gasteiger charge is 2.15. The second kappa shape index (κ2) is 11.3. The molecule has 0 amide bonds. The van der Waals surface area contributed by atoms with E-state index in [-0.39, 0.29) is 13.4 Å². The van der Waals surface area contributed by atoms with Crippen molar-refractivity contribution in [3.8, 4) is 29.4 Å². The average Bonchev–Trinajstić information content (AvgIpc) is 2.81. The van der Waals surface area contributed by atoms with E-state index in [2.05, 4.69) is 23.7 Å². The van der Waals surface area contributed by atoms with E-state index >= 15 is 0 Å². The van der Waals surface area contributed by atoms with E-state index in [1.165, 1.54) is 7.11 Å². The predicted octanol–water partition coefficient (Wildman–Crippen LogP) is 4.65. The maximum absolute atomic E-state index is 12.4. The van der Waals surface area contributed by atoms with Gasteiger partial charge < -0.3 is 14.2 Å². The van der Waals surface area contributed by atoms with Crippen molar-refractivity contribution in [3.63, 3.8) is 0 Å². The number of benzene rings is 3. The molecule has 0 aliphatic carbocycles. The zero-order chi connectivity index (χ0) is 21.9. The fraction of sp³-hybridized carbons (Fsp3) is 0.148. The van der Waals surface area contributed by atoms with Crippen LogP contribution in [0.25, 0.3) is 0 Å². The SMILES string of the molecule is CCOC(=O)c1cc(C#Cc2ccccc2)c(OCOC)c(C#Cc2ccccc2)c1. The van der Waals surface area contributed by atoms with Crippen LogP contribution in [0.2, 0.25) is 0 Å². The number of ether oxygens (including phenoxy) is 3. The van der Waals surface area contributed by atoms with E-state index in [1.54, 1.807) is 19.1 Å². The fourth-order valence-corrected chi connectivity index (χ4v) is 2.74. The van der Waals surface area contributed by atoms with Gasteiger partial charge in [-0.25, -0.2) is 4.79 Å². The lowest BCUT2D eigenvalue weighted by Gasteiger charge is -2.12. The second-order valence-electron chi connectivity index (χ2n) is 6.40. The van der Waals surface area contributed by atoms with Gasteiger partial charge in [0.2, 0.25) is 0 Å². The van der Waals surface area contributed by atoms with Gasteiger partial charge in [-0.3, -0.25) is 0 Å². The Hall–Kier alpha value is -3.99. The van der Waals surface area contributed by atoms with Gasteiger partial charge in [-0.05, 0) is 43.3 Å². The van der Waals surface area contributed by atoms with Crippen molar-refractivity contribution in [2.75, 3.05) is 20.5 Å². The zero-order valence-electron chi connectivity index (χ0n) is 17.5. The Morgan fingerprint density at radius 3 is 1.77 bits per heavy atom. The molecule has 0 unspecified atom stereocenters. The third-order valence-electron chi connectivity index (χ3n) is 4.15. The number of hydrogen-bond donors (Lipinski definition) is 0. The predicted molar refractivity (Wildman–Crippen MR) is 120 cm³/mol. The standard InChI is InChI=1S/C27H22O4/c1-3-30-27(28)25-18-23(16-14-21-10-6-4-7-11-21)26(31-20-29-2)24(19-25)17-15-22-12-8-5-9-13-22/h4-13,18-19H,3,20H2,1-2H3. The van der Waals surface area contributed by atoms with E-state index < -0.39 is 5.97 Å². The van der Waals surface area contributed by atoms with Crippen LogP contribution in [-0.2, 0) is 9.47 Å². The third-order valence-corrected chi connectivity index (χ3v) is 4.15. The van der Waals surface area contributed by atoms with Crippen LogP contribution in [0.1, 0.15) is 39.5 Å². The molecule has 3 aromatic carbocycles. The molecule has 154 valence electrons. The molecule has 4 nitrogen and oxygen atoms in total. The summed E-state index contributed by atoms with van der Waals surface area (Å²) >= 11 is 0. The lowest BCUT2D eigenvalue weighted by molar-refractivity contribution is 0.0504. The number of methoxy groups -OCH3 is 1. The summed E-state index contributed by atoms with van der Waals surface area (Å²) in [5.41, 5.74) is 3.12. The summed E-state index contributed by atoms with van der Waals surface area (Å²) in [4.78, 5) is 12.4. The molecule has 0 fully saturated rings. The molecule has 0 bridgehead atoms. The normalized spacial score (nSPS) is 9.61. The highest BCUT2D eigenvalue weighted by molar-refractivity contribution is 5.91. The molecule has 0 spiro atoms. The van der Waals surface area contributed by atoms with Crippen LogP contribution in [0.4, 0.5) is 0 Å². The van der Waals surface area contributed by atoms with Crippen molar-refractivity contribution < 1.29 is 19.0 Å². The molecule has 0 aromatic heterocycles. The minimum atomic E-state index is -0.439. The van der Waals surface area contributed by atoms with E-state index in [9.17, 15) is 4.79 Å². The van der Waals surface area contributed by atoms with Crippen molar-refractivity contribution in [1.29, 1.82) is 0 Å². The number of carbonyl (C=O) groups excluding carboxylic acids is 1. The van der Waals surface area contributed by atoms with Gasteiger partial charge in [0.1, 0.15) is 0 Å². The lowest BCUT2D eigenvalue weighted by atomic mass is 10.0. The van der Waals surface area contributed by atoms with Crippen molar-refractivity contribution in [1.82, 2.24) is 0 Å². The maximum Gasteiger partial charge on any atom is 0.338 e. The molecule has 0 aliphatic heterocycles.